The second-order valence-electron chi connectivity index (χ2n) is 5.30. The molecular weight excluding hydrogens is 316 g/mol. The topological polar surface area (TPSA) is 60.5 Å². The lowest BCUT2D eigenvalue weighted by molar-refractivity contribution is -0.118. The maximum atomic E-state index is 12.1. The molecule has 5 heteroatoms. The van der Waals surface area contributed by atoms with Gasteiger partial charge in [0.25, 0.3) is 5.91 Å². The number of hydrogen-bond acceptors (Lipinski definition) is 4. The van der Waals surface area contributed by atoms with Gasteiger partial charge in [0.1, 0.15) is 18.1 Å². The van der Waals surface area contributed by atoms with Gasteiger partial charge < -0.3 is 14.8 Å². The minimum absolute atomic E-state index is 0.0685. The van der Waals surface area contributed by atoms with Crippen LogP contribution in [0.2, 0.25) is 0 Å². The summed E-state index contributed by atoms with van der Waals surface area (Å²) in [6.07, 6.45) is 3.46. The Morgan fingerprint density at radius 1 is 0.920 bits per heavy atom. The van der Waals surface area contributed by atoms with Gasteiger partial charge in [0.05, 0.1) is 5.69 Å². The molecule has 0 atom stereocenters. The molecule has 3 aromatic rings. The van der Waals surface area contributed by atoms with Gasteiger partial charge in [0, 0.05) is 18.0 Å². The zero-order valence-corrected chi connectivity index (χ0v) is 13.6. The van der Waals surface area contributed by atoms with Gasteiger partial charge in [-0.15, -0.1) is 0 Å². The Morgan fingerprint density at radius 2 is 1.72 bits per heavy atom. The molecule has 0 aliphatic carbocycles. The molecular formula is C20H18N2O3. The van der Waals surface area contributed by atoms with Crippen molar-refractivity contribution in [3.05, 3.63) is 84.7 Å². The summed E-state index contributed by atoms with van der Waals surface area (Å²) >= 11 is 0. The molecule has 0 spiro atoms. The van der Waals surface area contributed by atoms with Gasteiger partial charge in [-0.1, -0.05) is 36.4 Å². The molecule has 0 saturated heterocycles. The van der Waals surface area contributed by atoms with E-state index in [4.69, 9.17) is 9.47 Å². The van der Waals surface area contributed by atoms with Crippen LogP contribution in [0.1, 0.15) is 5.56 Å². The highest BCUT2D eigenvalue weighted by atomic mass is 16.5. The third kappa shape index (κ3) is 5.07. The van der Waals surface area contributed by atoms with Crippen molar-refractivity contribution >= 4 is 11.6 Å². The first kappa shape index (κ1) is 16.5. The Bertz CT molecular complexity index is 807. The number of benzene rings is 2. The van der Waals surface area contributed by atoms with Crippen molar-refractivity contribution in [2.45, 2.75) is 6.61 Å². The number of anilines is 1. The molecule has 0 radical (unpaired) electrons. The van der Waals surface area contributed by atoms with E-state index < -0.39 is 0 Å². The van der Waals surface area contributed by atoms with Gasteiger partial charge in [-0.05, 0) is 30.3 Å². The summed E-state index contributed by atoms with van der Waals surface area (Å²) in [7, 11) is 0. The Balaban J connectivity index is 1.57. The van der Waals surface area contributed by atoms with Crippen molar-refractivity contribution in [3.8, 4) is 11.5 Å². The number of carbonyl (C=O) groups is 1. The van der Waals surface area contributed by atoms with Gasteiger partial charge >= 0.3 is 0 Å². The first-order valence-electron chi connectivity index (χ1n) is 7.90. The van der Waals surface area contributed by atoms with Gasteiger partial charge in [-0.2, -0.15) is 0 Å². The molecule has 0 bridgehead atoms. The zero-order chi connectivity index (χ0) is 17.3. The van der Waals surface area contributed by atoms with Crippen molar-refractivity contribution in [1.82, 2.24) is 4.98 Å². The summed E-state index contributed by atoms with van der Waals surface area (Å²) in [5, 5.41) is 2.81. The minimum Gasteiger partial charge on any atom is -0.487 e. The Labute approximate surface area is 146 Å². The van der Waals surface area contributed by atoms with Crippen LogP contribution in [0.5, 0.6) is 11.5 Å². The van der Waals surface area contributed by atoms with Crippen LogP contribution in [0.15, 0.2) is 79.1 Å². The van der Waals surface area contributed by atoms with Crippen molar-refractivity contribution in [3.63, 3.8) is 0 Å². The van der Waals surface area contributed by atoms with E-state index in [1.54, 1.807) is 30.6 Å². The molecule has 1 amide bonds. The second kappa shape index (κ2) is 8.49. The predicted molar refractivity (Wildman–Crippen MR) is 95.6 cm³/mol. The average molecular weight is 334 g/mol. The van der Waals surface area contributed by atoms with Gasteiger partial charge in [0.2, 0.25) is 0 Å². The SMILES string of the molecule is O=C(COc1ccccc1)Nc1ccccc1OCc1cccnc1. The number of ether oxygens (including phenoxy) is 2. The van der Waals surface area contributed by atoms with Crippen molar-refractivity contribution in [2.24, 2.45) is 0 Å². The van der Waals surface area contributed by atoms with E-state index in [0.717, 1.165) is 5.56 Å². The van der Waals surface area contributed by atoms with Crippen LogP contribution in [-0.4, -0.2) is 17.5 Å². The van der Waals surface area contributed by atoms with E-state index in [1.807, 2.05) is 48.5 Å². The van der Waals surface area contributed by atoms with E-state index >= 15 is 0 Å². The molecule has 1 heterocycles. The van der Waals surface area contributed by atoms with Gasteiger partial charge in [-0.25, -0.2) is 0 Å². The quantitative estimate of drug-likeness (QED) is 0.716. The highest BCUT2D eigenvalue weighted by molar-refractivity contribution is 5.93. The Kier molecular flexibility index (Phi) is 5.61. The number of amides is 1. The number of carbonyl (C=O) groups excluding carboxylic acids is 1. The molecule has 0 aliphatic heterocycles. The Morgan fingerprint density at radius 3 is 2.52 bits per heavy atom. The van der Waals surface area contributed by atoms with Crippen LogP contribution < -0.4 is 14.8 Å². The van der Waals surface area contributed by atoms with Gasteiger partial charge in [-0.3, -0.25) is 9.78 Å². The monoisotopic (exact) mass is 334 g/mol. The van der Waals surface area contributed by atoms with Gasteiger partial charge in [0.15, 0.2) is 6.61 Å². The van der Waals surface area contributed by atoms with E-state index in [0.29, 0.717) is 23.8 Å². The average Bonchev–Trinajstić information content (AvgIpc) is 2.67. The van der Waals surface area contributed by atoms with E-state index in [-0.39, 0.29) is 12.5 Å². The van der Waals surface area contributed by atoms with Crippen molar-refractivity contribution in [2.75, 3.05) is 11.9 Å². The molecule has 0 saturated carbocycles. The van der Waals surface area contributed by atoms with Crippen LogP contribution in [0.4, 0.5) is 5.69 Å². The molecule has 1 N–H and O–H groups in total. The van der Waals surface area contributed by atoms with Crippen molar-refractivity contribution in [1.29, 1.82) is 0 Å². The zero-order valence-electron chi connectivity index (χ0n) is 13.6. The molecule has 0 aliphatic rings. The smallest absolute Gasteiger partial charge is 0.262 e. The second-order valence-corrected chi connectivity index (χ2v) is 5.30. The van der Waals surface area contributed by atoms with Crippen LogP contribution in [-0.2, 0) is 11.4 Å². The van der Waals surface area contributed by atoms with Crippen LogP contribution in [0, 0.1) is 0 Å². The molecule has 0 fully saturated rings. The fraction of sp³-hybridized carbons (Fsp3) is 0.100. The molecule has 0 unspecified atom stereocenters. The summed E-state index contributed by atoms with van der Waals surface area (Å²) < 4.78 is 11.2. The first-order valence-corrected chi connectivity index (χ1v) is 7.90. The number of nitrogens with one attached hydrogen (secondary N) is 1. The standard InChI is InChI=1S/C20H18N2O3/c23-20(15-24-17-8-2-1-3-9-17)22-18-10-4-5-11-19(18)25-14-16-7-6-12-21-13-16/h1-13H,14-15H2,(H,22,23). The van der Waals surface area contributed by atoms with E-state index in [1.165, 1.54) is 0 Å². The van der Waals surface area contributed by atoms with Crippen LogP contribution >= 0.6 is 0 Å². The van der Waals surface area contributed by atoms with Crippen LogP contribution in [0.3, 0.4) is 0 Å². The number of para-hydroxylation sites is 3. The number of nitrogens with zero attached hydrogens (tertiary/aromatic N) is 1. The third-order valence-corrected chi connectivity index (χ3v) is 3.39. The third-order valence-electron chi connectivity index (χ3n) is 3.39. The summed E-state index contributed by atoms with van der Waals surface area (Å²) in [6.45, 7) is 0.308. The molecule has 126 valence electrons. The summed E-state index contributed by atoms with van der Waals surface area (Å²) in [6, 6.07) is 20.3. The molecule has 3 rings (SSSR count). The molecule has 25 heavy (non-hydrogen) atoms. The molecule has 5 nitrogen and oxygen atoms in total. The largest absolute Gasteiger partial charge is 0.487 e. The number of pyridine rings is 1. The summed E-state index contributed by atoms with van der Waals surface area (Å²) in [4.78, 5) is 16.2. The maximum Gasteiger partial charge on any atom is 0.262 e. The number of hydrogen-bond donors (Lipinski definition) is 1. The Hall–Kier alpha value is -3.34. The van der Waals surface area contributed by atoms with E-state index in [9.17, 15) is 4.79 Å². The number of aromatic nitrogens is 1. The first-order chi connectivity index (χ1) is 12.3. The lowest BCUT2D eigenvalue weighted by atomic mass is 10.2. The summed E-state index contributed by atoms with van der Waals surface area (Å²) in [5.41, 5.74) is 1.56. The van der Waals surface area contributed by atoms with E-state index in [2.05, 4.69) is 10.3 Å². The van der Waals surface area contributed by atoms with Crippen LogP contribution in [0.25, 0.3) is 0 Å². The molecule has 1 aromatic heterocycles. The number of rotatable bonds is 7. The normalized spacial score (nSPS) is 10.1. The maximum absolute atomic E-state index is 12.1. The highest BCUT2D eigenvalue weighted by Gasteiger charge is 2.08. The minimum atomic E-state index is -0.249. The molecule has 2 aromatic carbocycles. The fourth-order valence-electron chi connectivity index (χ4n) is 2.19. The predicted octanol–water partition coefficient (Wildman–Crippen LogP) is 3.68. The lowest BCUT2D eigenvalue weighted by Crippen LogP contribution is -2.20. The van der Waals surface area contributed by atoms with Crippen molar-refractivity contribution < 1.29 is 14.3 Å². The summed E-state index contributed by atoms with van der Waals surface area (Å²) in [5.74, 6) is 0.999. The lowest BCUT2D eigenvalue weighted by Gasteiger charge is -2.13. The fourth-order valence-corrected chi connectivity index (χ4v) is 2.19. The highest BCUT2D eigenvalue weighted by Crippen LogP contribution is 2.24.